The molecule has 0 saturated carbocycles. The van der Waals surface area contributed by atoms with Gasteiger partial charge >= 0.3 is 0 Å². The first-order valence-corrected chi connectivity index (χ1v) is 11.5. The molecule has 0 spiro atoms. The van der Waals surface area contributed by atoms with Crippen molar-refractivity contribution in [2.45, 2.75) is 32.6 Å². The maximum absolute atomic E-state index is 4.77. The number of anilines is 1. The first-order chi connectivity index (χ1) is 13.8. The number of piperazine rings is 1. The van der Waals surface area contributed by atoms with Crippen LogP contribution in [0.25, 0.3) is 10.2 Å². The zero-order valence-electron chi connectivity index (χ0n) is 16.7. The summed E-state index contributed by atoms with van der Waals surface area (Å²) in [7, 11) is 0. The van der Waals surface area contributed by atoms with Crippen LogP contribution in [-0.4, -0.2) is 42.7 Å². The Morgan fingerprint density at radius 1 is 1.14 bits per heavy atom. The van der Waals surface area contributed by atoms with E-state index in [1.54, 1.807) is 21.7 Å². The van der Waals surface area contributed by atoms with Crippen molar-refractivity contribution in [3.8, 4) is 0 Å². The summed E-state index contributed by atoms with van der Waals surface area (Å²) in [5.74, 6) is 1.97. The Kier molecular flexibility index (Phi) is 5.03. The molecule has 146 valence electrons. The van der Waals surface area contributed by atoms with Gasteiger partial charge in [0.1, 0.15) is 17.0 Å². The molecule has 1 atom stereocenters. The molecule has 2 aliphatic rings. The Labute approximate surface area is 171 Å². The van der Waals surface area contributed by atoms with Crippen molar-refractivity contribution in [1.82, 2.24) is 9.97 Å². The fourth-order valence-electron chi connectivity index (χ4n) is 4.76. The molecule has 5 heteroatoms. The summed E-state index contributed by atoms with van der Waals surface area (Å²) in [6.45, 7) is 8.18. The number of nitrogens with zero attached hydrogens (tertiary/aromatic N) is 3. The largest absolute Gasteiger partial charge is 0.345 e. The summed E-state index contributed by atoms with van der Waals surface area (Å²) in [6.07, 6.45) is 6.67. The number of nitrogens with one attached hydrogen (secondary N) is 1. The topological polar surface area (TPSA) is 33.5 Å². The number of fused-ring (bicyclic) bond motifs is 3. The van der Waals surface area contributed by atoms with E-state index >= 15 is 0 Å². The van der Waals surface area contributed by atoms with Crippen molar-refractivity contribution in [2.75, 3.05) is 37.6 Å². The molecule has 4 nitrogen and oxygen atoms in total. The van der Waals surface area contributed by atoms with Crippen molar-refractivity contribution < 1.29 is 4.90 Å². The van der Waals surface area contributed by atoms with Crippen LogP contribution in [0.5, 0.6) is 0 Å². The molecule has 0 bridgehead atoms. The average molecular weight is 394 g/mol. The Morgan fingerprint density at radius 2 is 1.96 bits per heavy atom. The second kappa shape index (κ2) is 7.80. The number of hydrogen-bond acceptors (Lipinski definition) is 4. The third-order valence-corrected chi connectivity index (χ3v) is 7.65. The van der Waals surface area contributed by atoms with Crippen LogP contribution in [0.2, 0.25) is 0 Å². The van der Waals surface area contributed by atoms with Crippen molar-refractivity contribution in [1.29, 1.82) is 0 Å². The predicted molar refractivity (Wildman–Crippen MR) is 117 cm³/mol. The first kappa shape index (κ1) is 18.1. The minimum Gasteiger partial charge on any atom is -0.345 e. The molecular formula is C23H29N4S+. The summed E-state index contributed by atoms with van der Waals surface area (Å²) < 4.78 is 0. The monoisotopic (exact) mass is 393 g/mol. The van der Waals surface area contributed by atoms with Gasteiger partial charge in [0.15, 0.2) is 0 Å². The number of aryl methyl sites for hydroxylation is 1. The molecule has 1 saturated heterocycles. The third-order valence-electron chi connectivity index (χ3n) is 6.45. The molecule has 1 aliphatic heterocycles. The second-order valence-corrected chi connectivity index (χ2v) is 9.54. The molecule has 0 radical (unpaired) electrons. The Balaban J connectivity index is 1.30. The van der Waals surface area contributed by atoms with E-state index in [0.717, 1.165) is 19.0 Å². The van der Waals surface area contributed by atoms with Crippen LogP contribution in [0.4, 0.5) is 5.82 Å². The molecular weight excluding hydrogens is 364 g/mol. The molecule has 3 heterocycles. The molecule has 1 fully saturated rings. The van der Waals surface area contributed by atoms with Crippen molar-refractivity contribution >= 4 is 27.4 Å². The van der Waals surface area contributed by atoms with Gasteiger partial charge in [0, 0.05) is 11.3 Å². The van der Waals surface area contributed by atoms with Gasteiger partial charge in [-0.3, -0.25) is 0 Å². The maximum atomic E-state index is 4.77. The molecule has 28 heavy (non-hydrogen) atoms. The van der Waals surface area contributed by atoms with Gasteiger partial charge in [-0.15, -0.1) is 11.3 Å². The summed E-state index contributed by atoms with van der Waals surface area (Å²) in [4.78, 5) is 16.4. The van der Waals surface area contributed by atoms with Gasteiger partial charge < -0.3 is 9.80 Å². The predicted octanol–water partition coefficient (Wildman–Crippen LogP) is 2.76. The summed E-state index contributed by atoms with van der Waals surface area (Å²) in [5.41, 5.74) is 3.00. The molecule has 0 amide bonds. The van der Waals surface area contributed by atoms with E-state index < -0.39 is 0 Å². The molecule has 1 aliphatic carbocycles. The number of rotatable bonds is 4. The normalized spacial score (nSPS) is 20.5. The van der Waals surface area contributed by atoms with Gasteiger partial charge in [0.25, 0.3) is 0 Å². The summed E-state index contributed by atoms with van der Waals surface area (Å²) in [6, 6.07) is 10.9. The highest BCUT2D eigenvalue weighted by molar-refractivity contribution is 7.19. The molecule has 1 N–H and O–H groups in total. The first-order valence-electron chi connectivity index (χ1n) is 10.7. The van der Waals surface area contributed by atoms with Crippen LogP contribution >= 0.6 is 11.3 Å². The van der Waals surface area contributed by atoms with E-state index in [4.69, 9.17) is 4.98 Å². The lowest BCUT2D eigenvalue weighted by atomic mass is 9.88. The smallest absolute Gasteiger partial charge is 0.141 e. The van der Waals surface area contributed by atoms with E-state index in [2.05, 4.69) is 47.1 Å². The number of benzene rings is 1. The van der Waals surface area contributed by atoms with Gasteiger partial charge in [-0.2, -0.15) is 0 Å². The molecule has 0 unspecified atom stereocenters. The fourth-order valence-corrected chi connectivity index (χ4v) is 5.93. The van der Waals surface area contributed by atoms with Gasteiger partial charge in [-0.05, 0) is 36.3 Å². The van der Waals surface area contributed by atoms with Gasteiger partial charge in [0.05, 0.1) is 38.1 Å². The minimum atomic E-state index is 0.776. The maximum Gasteiger partial charge on any atom is 0.141 e. The van der Waals surface area contributed by atoms with E-state index in [1.807, 2.05) is 11.3 Å². The molecule has 2 aromatic heterocycles. The summed E-state index contributed by atoms with van der Waals surface area (Å²) in [5, 5.41) is 1.36. The highest BCUT2D eigenvalue weighted by Crippen LogP contribution is 2.40. The fraction of sp³-hybridized carbons (Fsp3) is 0.478. The van der Waals surface area contributed by atoms with Gasteiger partial charge in [-0.1, -0.05) is 37.3 Å². The zero-order chi connectivity index (χ0) is 18.9. The standard InChI is InChI=1S/C23H28N4S/c1-17-7-8-20-19(15-17)21-22(24-16-25-23(21)28-20)27-13-11-26(12-14-27)10-9-18-5-3-2-4-6-18/h2-6,16-17H,7-15H2,1H3/p+1/t17-/m0/s1. The van der Waals surface area contributed by atoms with Crippen LogP contribution in [-0.2, 0) is 19.3 Å². The number of thiophene rings is 1. The zero-order valence-corrected chi connectivity index (χ0v) is 17.5. The van der Waals surface area contributed by atoms with Crippen molar-refractivity contribution in [3.63, 3.8) is 0 Å². The third kappa shape index (κ3) is 3.53. The van der Waals surface area contributed by atoms with Crippen LogP contribution in [0.3, 0.4) is 0 Å². The van der Waals surface area contributed by atoms with E-state index in [1.165, 1.54) is 66.9 Å². The highest BCUT2D eigenvalue weighted by Gasteiger charge is 2.27. The van der Waals surface area contributed by atoms with Gasteiger partial charge in [0.2, 0.25) is 0 Å². The SMILES string of the molecule is C[C@H]1CCc2sc3ncnc(N4CC[NH+](CCc5ccccc5)CC4)c3c2C1. The quantitative estimate of drug-likeness (QED) is 0.740. The molecule has 5 rings (SSSR count). The number of aromatic nitrogens is 2. The number of quaternary nitrogens is 1. The van der Waals surface area contributed by atoms with Gasteiger partial charge in [-0.25, -0.2) is 9.97 Å². The summed E-state index contributed by atoms with van der Waals surface area (Å²) >= 11 is 1.90. The van der Waals surface area contributed by atoms with Crippen molar-refractivity contribution in [2.24, 2.45) is 5.92 Å². The van der Waals surface area contributed by atoms with Crippen LogP contribution in [0.1, 0.15) is 29.3 Å². The highest BCUT2D eigenvalue weighted by atomic mass is 32.1. The molecule has 1 aromatic carbocycles. The Hall–Kier alpha value is -1.98. The lowest BCUT2D eigenvalue weighted by Crippen LogP contribution is -3.15. The average Bonchev–Trinajstić information content (AvgIpc) is 3.11. The van der Waals surface area contributed by atoms with Crippen LogP contribution in [0, 0.1) is 5.92 Å². The lowest BCUT2D eigenvalue weighted by molar-refractivity contribution is -0.900. The van der Waals surface area contributed by atoms with E-state index in [0.29, 0.717) is 0 Å². The van der Waals surface area contributed by atoms with E-state index in [-0.39, 0.29) is 0 Å². The minimum absolute atomic E-state index is 0.776. The number of hydrogen-bond donors (Lipinski definition) is 1. The van der Waals surface area contributed by atoms with Crippen LogP contribution in [0.15, 0.2) is 36.7 Å². The van der Waals surface area contributed by atoms with E-state index in [9.17, 15) is 0 Å². The Bertz CT molecular complexity index is 944. The second-order valence-electron chi connectivity index (χ2n) is 8.45. The van der Waals surface area contributed by atoms with Crippen LogP contribution < -0.4 is 9.80 Å². The van der Waals surface area contributed by atoms with Crippen molar-refractivity contribution in [3.05, 3.63) is 52.7 Å². The lowest BCUT2D eigenvalue weighted by Gasteiger charge is -2.33. The molecule has 3 aromatic rings. The Morgan fingerprint density at radius 3 is 2.79 bits per heavy atom.